The van der Waals surface area contributed by atoms with Crippen LogP contribution in [0.2, 0.25) is 0 Å². The van der Waals surface area contributed by atoms with Gasteiger partial charge < -0.3 is 15.0 Å². The number of carbonyl (C=O) groups excluding carboxylic acids is 3. The number of nitrogens with one attached hydrogen (secondary N) is 1. The molecule has 2 rings (SSSR count). The van der Waals surface area contributed by atoms with E-state index in [1.807, 2.05) is 12.2 Å². The summed E-state index contributed by atoms with van der Waals surface area (Å²) in [6, 6.07) is 0. The first kappa shape index (κ1) is 19.3. The van der Waals surface area contributed by atoms with Crippen LogP contribution in [-0.4, -0.2) is 48.1 Å². The van der Waals surface area contributed by atoms with E-state index in [4.69, 9.17) is 0 Å². The number of hydrogen-bond acceptors (Lipinski definition) is 4. The predicted molar refractivity (Wildman–Crippen MR) is 81.0 cm³/mol. The zero-order valence-corrected chi connectivity index (χ0v) is 14.3. The van der Waals surface area contributed by atoms with Crippen molar-refractivity contribution in [1.82, 2.24) is 10.2 Å². The molecule has 6 nitrogen and oxygen atoms in total. The molecule has 0 aromatic rings. The van der Waals surface area contributed by atoms with Crippen molar-refractivity contribution in [2.45, 2.75) is 51.2 Å². The third-order valence-corrected chi connectivity index (χ3v) is 4.52. The second-order valence-corrected chi connectivity index (χ2v) is 6.27. The monoisotopic (exact) mass is 362 g/mol. The number of hydrogen-bond donors (Lipinski definition) is 1. The summed E-state index contributed by atoms with van der Waals surface area (Å²) in [7, 11) is 0.936. The first-order valence-electron chi connectivity index (χ1n) is 8.12. The zero-order valence-electron chi connectivity index (χ0n) is 14.3. The van der Waals surface area contributed by atoms with Gasteiger partial charge in [0.1, 0.15) is 5.57 Å². The molecule has 1 aliphatic heterocycles. The van der Waals surface area contributed by atoms with E-state index in [-0.39, 0.29) is 12.2 Å². The molecule has 1 fully saturated rings. The second-order valence-electron chi connectivity index (χ2n) is 6.27. The van der Waals surface area contributed by atoms with Gasteiger partial charge in [-0.15, -0.1) is 0 Å². The number of halogens is 3. The third kappa shape index (κ3) is 3.11. The van der Waals surface area contributed by atoms with E-state index in [9.17, 15) is 27.6 Å². The van der Waals surface area contributed by atoms with E-state index in [2.05, 4.69) is 4.74 Å². The fourth-order valence-electron chi connectivity index (χ4n) is 2.94. The molecule has 0 unspecified atom stereocenters. The Labute approximate surface area is 143 Å². The van der Waals surface area contributed by atoms with Crippen molar-refractivity contribution >= 4 is 17.8 Å². The van der Waals surface area contributed by atoms with Gasteiger partial charge in [0.25, 0.3) is 5.91 Å². The van der Waals surface area contributed by atoms with E-state index < -0.39 is 41.0 Å². The summed E-state index contributed by atoms with van der Waals surface area (Å²) >= 11 is 0. The molecule has 0 saturated heterocycles. The summed E-state index contributed by atoms with van der Waals surface area (Å²) < 4.78 is 46.6. The van der Waals surface area contributed by atoms with Crippen LogP contribution in [0.15, 0.2) is 11.3 Å². The summed E-state index contributed by atoms with van der Waals surface area (Å²) in [5.74, 6) is -4.08. The molecule has 0 spiro atoms. The Morgan fingerprint density at radius 2 is 1.96 bits per heavy atom. The van der Waals surface area contributed by atoms with Gasteiger partial charge in [-0.3, -0.25) is 9.59 Å². The Hall–Kier alpha value is -2.06. The first-order valence-corrected chi connectivity index (χ1v) is 8.12. The Morgan fingerprint density at radius 3 is 2.40 bits per heavy atom. The SMILES string of the molecule is CCCCN1C(=O)[C@@](NC(=O)C2CC2)(C(F)(F)F)C(C(=O)OC)=C1C. The largest absolute Gasteiger partial charge is 0.466 e. The van der Waals surface area contributed by atoms with Gasteiger partial charge in [-0.2, -0.15) is 13.2 Å². The van der Waals surface area contributed by atoms with E-state index in [0.717, 1.165) is 12.0 Å². The van der Waals surface area contributed by atoms with Crippen molar-refractivity contribution < 1.29 is 32.3 Å². The van der Waals surface area contributed by atoms with Gasteiger partial charge in [0.15, 0.2) is 0 Å². The molecular formula is C16H21F3N2O4. The maximum atomic E-state index is 14.0. The van der Waals surface area contributed by atoms with Crippen LogP contribution in [0, 0.1) is 5.92 Å². The van der Waals surface area contributed by atoms with Gasteiger partial charge in [-0.1, -0.05) is 13.3 Å². The zero-order chi connectivity index (χ0) is 19.0. The normalized spacial score (nSPS) is 23.9. The molecule has 1 N–H and O–H groups in total. The highest BCUT2D eigenvalue weighted by molar-refractivity contribution is 6.10. The second kappa shape index (κ2) is 6.68. The lowest BCUT2D eigenvalue weighted by Gasteiger charge is -2.33. The Balaban J connectivity index is 2.58. The third-order valence-electron chi connectivity index (χ3n) is 4.52. The standard InChI is InChI=1S/C16H21F3N2O4/c1-4-5-8-21-9(2)11(13(23)25-3)15(14(21)24,16(17,18)19)20-12(22)10-6-7-10/h10H,4-8H2,1-3H3,(H,20,22)/t15-/m1/s1. The molecule has 1 saturated carbocycles. The number of esters is 1. The number of amides is 2. The van der Waals surface area contributed by atoms with Crippen LogP contribution in [0.3, 0.4) is 0 Å². The minimum Gasteiger partial charge on any atom is -0.466 e. The molecule has 0 bridgehead atoms. The molecule has 2 amide bonds. The average molecular weight is 362 g/mol. The highest BCUT2D eigenvalue weighted by atomic mass is 19.4. The van der Waals surface area contributed by atoms with Gasteiger partial charge in [0.2, 0.25) is 11.4 Å². The summed E-state index contributed by atoms with van der Waals surface area (Å²) in [5, 5.41) is 1.83. The highest BCUT2D eigenvalue weighted by Crippen LogP contribution is 2.46. The molecule has 0 aromatic heterocycles. The van der Waals surface area contributed by atoms with Gasteiger partial charge in [0, 0.05) is 18.2 Å². The van der Waals surface area contributed by atoms with E-state index in [0.29, 0.717) is 25.7 Å². The fraction of sp³-hybridized carbons (Fsp3) is 0.688. The van der Waals surface area contributed by atoms with Crippen LogP contribution < -0.4 is 5.32 Å². The molecule has 1 heterocycles. The number of carbonyl (C=O) groups is 3. The van der Waals surface area contributed by atoms with Crippen LogP contribution in [0.5, 0.6) is 0 Å². The molecule has 25 heavy (non-hydrogen) atoms. The molecule has 1 atom stereocenters. The molecule has 2 aliphatic rings. The van der Waals surface area contributed by atoms with Crippen LogP contribution in [-0.2, 0) is 19.1 Å². The van der Waals surface area contributed by atoms with Crippen molar-refractivity contribution in [3.05, 3.63) is 11.3 Å². The van der Waals surface area contributed by atoms with E-state index in [1.165, 1.54) is 6.92 Å². The molecule has 0 radical (unpaired) electrons. The topological polar surface area (TPSA) is 75.7 Å². The molecular weight excluding hydrogens is 341 g/mol. The summed E-state index contributed by atoms with van der Waals surface area (Å²) in [6.07, 6.45) is -3.14. The summed E-state index contributed by atoms with van der Waals surface area (Å²) in [4.78, 5) is 37.8. The smallest absolute Gasteiger partial charge is 0.425 e. The van der Waals surface area contributed by atoms with Crippen molar-refractivity contribution in [2.24, 2.45) is 5.92 Å². The maximum Gasteiger partial charge on any atom is 0.425 e. The summed E-state index contributed by atoms with van der Waals surface area (Å²) in [5.41, 5.74) is -4.39. The van der Waals surface area contributed by atoms with Crippen LogP contribution in [0.1, 0.15) is 39.5 Å². The van der Waals surface area contributed by atoms with Crippen molar-refractivity contribution in [3.63, 3.8) is 0 Å². The molecule has 140 valence electrons. The molecule has 9 heteroatoms. The van der Waals surface area contributed by atoms with Gasteiger partial charge in [-0.25, -0.2) is 4.79 Å². The highest BCUT2D eigenvalue weighted by Gasteiger charge is 2.71. The number of alkyl halides is 3. The lowest BCUT2D eigenvalue weighted by atomic mass is 9.89. The van der Waals surface area contributed by atoms with Gasteiger partial charge >= 0.3 is 12.1 Å². The van der Waals surface area contributed by atoms with Crippen LogP contribution in [0.4, 0.5) is 13.2 Å². The van der Waals surface area contributed by atoms with Crippen molar-refractivity contribution in [3.8, 4) is 0 Å². The summed E-state index contributed by atoms with van der Waals surface area (Å²) in [6.45, 7) is 3.11. The van der Waals surface area contributed by atoms with Gasteiger partial charge in [0.05, 0.1) is 7.11 Å². The van der Waals surface area contributed by atoms with Crippen molar-refractivity contribution in [1.29, 1.82) is 0 Å². The number of ether oxygens (including phenoxy) is 1. The maximum absolute atomic E-state index is 14.0. The molecule has 0 aromatic carbocycles. The Bertz CT molecular complexity index is 625. The van der Waals surface area contributed by atoms with Crippen LogP contribution in [0.25, 0.3) is 0 Å². The predicted octanol–water partition coefficient (Wildman–Crippen LogP) is 1.90. The number of methoxy groups -OCH3 is 1. The Kier molecular flexibility index (Phi) is 5.15. The average Bonchev–Trinajstić information content (AvgIpc) is 3.34. The number of unbranched alkanes of at least 4 members (excludes halogenated alkanes) is 1. The van der Waals surface area contributed by atoms with Gasteiger partial charge in [-0.05, 0) is 26.2 Å². The lowest BCUT2D eigenvalue weighted by molar-refractivity contribution is -0.196. The fourth-order valence-corrected chi connectivity index (χ4v) is 2.94. The number of nitrogens with zero attached hydrogens (tertiary/aromatic N) is 1. The van der Waals surface area contributed by atoms with E-state index in [1.54, 1.807) is 0 Å². The van der Waals surface area contributed by atoms with Crippen molar-refractivity contribution in [2.75, 3.05) is 13.7 Å². The number of rotatable bonds is 6. The number of allylic oxidation sites excluding steroid dienone is 1. The Morgan fingerprint density at radius 1 is 1.36 bits per heavy atom. The molecule has 1 aliphatic carbocycles. The minimum atomic E-state index is -5.18. The minimum absolute atomic E-state index is 0.0266. The first-order chi connectivity index (χ1) is 11.6. The lowest BCUT2D eigenvalue weighted by Crippen LogP contribution is -2.66. The van der Waals surface area contributed by atoms with E-state index >= 15 is 0 Å². The van der Waals surface area contributed by atoms with Crippen LogP contribution >= 0.6 is 0 Å². The quantitative estimate of drug-likeness (QED) is 0.733.